The third-order valence-electron chi connectivity index (χ3n) is 2.95. The van der Waals surface area contributed by atoms with Crippen molar-refractivity contribution < 1.29 is 0 Å². The van der Waals surface area contributed by atoms with Crippen LogP contribution in [-0.2, 0) is 6.54 Å². The number of nitrogens with zero attached hydrogens (tertiary/aromatic N) is 4. The van der Waals surface area contributed by atoms with E-state index >= 15 is 0 Å². The maximum Gasteiger partial charge on any atom is 0.269 e. The van der Waals surface area contributed by atoms with Crippen LogP contribution in [0.15, 0.2) is 35.4 Å². The number of hydrogen-bond donors (Lipinski definition) is 1. The highest BCUT2D eigenvalue weighted by molar-refractivity contribution is 5.41. The topological polar surface area (TPSA) is 77.0 Å². The standard InChI is InChI=1S/C13H17N5O/c1-3-17(2)11-6-13(19)18(16-8-11)9-10-4-5-12(14)15-7-10/h4-8H,3,9H2,1-2H3,(H2,14,15). The minimum Gasteiger partial charge on any atom is -0.384 e. The van der Waals surface area contributed by atoms with E-state index in [1.54, 1.807) is 24.5 Å². The zero-order chi connectivity index (χ0) is 13.8. The number of nitrogen functional groups attached to an aromatic ring is 1. The molecular formula is C13H17N5O. The van der Waals surface area contributed by atoms with Gasteiger partial charge in [-0.05, 0) is 18.6 Å². The number of nitrogens with two attached hydrogens (primary N) is 1. The predicted molar refractivity (Wildman–Crippen MR) is 75.2 cm³/mol. The van der Waals surface area contributed by atoms with Crippen LogP contribution in [0.5, 0.6) is 0 Å². The molecule has 6 nitrogen and oxygen atoms in total. The van der Waals surface area contributed by atoms with Crippen molar-refractivity contribution in [1.82, 2.24) is 14.8 Å². The normalized spacial score (nSPS) is 10.4. The van der Waals surface area contributed by atoms with Crippen LogP contribution < -0.4 is 16.2 Å². The Hall–Kier alpha value is -2.37. The molecule has 0 aromatic carbocycles. The van der Waals surface area contributed by atoms with E-state index in [0.717, 1.165) is 17.8 Å². The summed E-state index contributed by atoms with van der Waals surface area (Å²) in [6.45, 7) is 3.24. The van der Waals surface area contributed by atoms with E-state index in [1.165, 1.54) is 4.68 Å². The molecule has 0 spiro atoms. The molecule has 2 rings (SSSR count). The number of aromatic nitrogens is 3. The molecule has 0 fully saturated rings. The second kappa shape index (κ2) is 5.51. The van der Waals surface area contributed by atoms with Crippen LogP contribution >= 0.6 is 0 Å². The fraction of sp³-hybridized carbons (Fsp3) is 0.308. The van der Waals surface area contributed by atoms with Crippen molar-refractivity contribution in [2.75, 3.05) is 24.2 Å². The Kier molecular flexibility index (Phi) is 3.79. The molecule has 0 aliphatic heterocycles. The van der Waals surface area contributed by atoms with Gasteiger partial charge >= 0.3 is 0 Å². The molecule has 2 N–H and O–H groups in total. The first-order chi connectivity index (χ1) is 9.10. The second-order valence-electron chi connectivity index (χ2n) is 4.32. The van der Waals surface area contributed by atoms with E-state index in [2.05, 4.69) is 10.1 Å². The predicted octanol–water partition coefficient (Wildman–Crippen LogP) is 0.725. The summed E-state index contributed by atoms with van der Waals surface area (Å²) in [5.74, 6) is 0.462. The van der Waals surface area contributed by atoms with Crippen molar-refractivity contribution in [3.63, 3.8) is 0 Å². The Morgan fingerprint density at radius 3 is 2.74 bits per heavy atom. The Balaban J connectivity index is 2.22. The van der Waals surface area contributed by atoms with Crippen molar-refractivity contribution in [2.24, 2.45) is 0 Å². The molecule has 0 atom stereocenters. The van der Waals surface area contributed by atoms with Gasteiger partial charge in [0, 0.05) is 25.9 Å². The molecule has 100 valence electrons. The van der Waals surface area contributed by atoms with E-state index in [-0.39, 0.29) is 5.56 Å². The summed E-state index contributed by atoms with van der Waals surface area (Å²) in [5, 5.41) is 4.17. The molecule has 0 amide bonds. The molecule has 19 heavy (non-hydrogen) atoms. The smallest absolute Gasteiger partial charge is 0.269 e. The van der Waals surface area contributed by atoms with E-state index in [1.807, 2.05) is 24.9 Å². The number of rotatable bonds is 4. The third kappa shape index (κ3) is 3.09. The first-order valence-corrected chi connectivity index (χ1v) is 6.09. The summed E-state index contributed by atoms with van der Waals surface area (Å²) in [4.78, 5) is 17.9. The van der Waals surface area contributed by atoms with Crippen LogP contribution in [0.3, 0.4) is 0 Å². The van der Waals surface area contributed by atoms with E-state index < -0.39 is 0 Å². The maximum absolute atomic E-state index is 12.0. The fourth-order valence-corrected chi connectivity index (χ4v) is 1.64. The first-order valence-electron chi connectivity index (χ1n) is 6.09. The average molecular weight is 259 g/mol. The summed E-state index contributed by atoms with van der Waals surface area (Å²) >= 11 is 0. The number of pyridine rings is 1. The van der Waals surface area contributed by atoms with E-state index in [9.17, 15) is 4.79 Å². The molecule has 0 bridgehead atoms. The van der Waals surface area contributed by atoms with Crippen LogP contribution in [-0.4, -0.2) is 28.4 Å². The number of hydrogen-bond acceptors (Lipinski definition) is 5. The molecule has 2 heterocycles. The molecule has 2 aromatic rings. The van der Waals surface area contributed by atoms with Crippen LogP contribution in [0.4, 0.5) is 11.5 Å². The van der Waals surface area contributed by atoms with Gasteiger partial charge in [0.25, 0.3) is 5.56 Å². The lowest BCUT2D eigenvalue weighted by atomic mass is 10.3. The summed E-state index contributed by atoms with van der Waals surface area (Å²) in [7, 11) is 1.92. The Morgan fingerprint density at radius 2 is 2.16 bits per heavy atom. The minimum atomic E-state index is -0.130. The van der Waals surface area contributed by atoms with Crippen LogP contribution in [0.25, 0.3) is 0 Å². The molecule has 0 saturated carbocycles. The molecule has 0 saturated heterocycles. The second-order valence-corrected chi connectivity index (χ2v) is 4.32. The molecule has 0 unspecified atom stereocenters. The monoisotopic (exact) mass is 259 g/mol. The van der Waals surface area contributed by atoms with Gasteiger partial charge in [0.1, 0.15) is 5.82 Å². The summed E-state index contributed by atoms with van der Waals surface area (Å²) in [6, 6.07) is 5.13. The lowest BCUT2D eigenvalue weighted by Gasteiger charge is -2.16. The van der Waals surface area contributed by atoms with Gasteiger partial charge in [-0.25, -0.2) is 9.67 Å². The highest BCUT2D eigenvalue weighted by Crippen LogP contribution is 2.07. The lowest BCUT2D eigenvalue weighted by Crippen LogP contribution is -2.26. The molecule has 2 aromatic heterocycles. The van der Waals surface area contributed by atoms with Gasteiger partial charge in [-0.15, -0.1) is 0 Å². The van der Waals surface area contributed by atoms with E-state index in [4.69, 9.17) is 5.73 Å². The average Bonchev–Trinajstić information content (AvgIpc) is 2.42. The fourth-order valence-electron chi connectivity index (χ4n) is 1.64. The van der Waals surface area contributed by atoms with Crippen LogP contribution in [0.2, 0.25) is 0 Å². The van der Waals surface area contributed by atoms with Gasteiger partial charge in [-0.2, -0.15) is 5.10 Å². The molecule has 0 aliphatic rings. The van der Waals surface area contributed by atoms with Crippen molar-refractivity contribution in [3.8, 4) is 0 Å². The largest absolute Gasteiger partial charge is 0.384 e. The van der Waals surface area contributed by atoms with Gasteiger partial charge in [0.15, 0.2) is 0 Å². The Labute approximate surface area is 111 Å². The molecular weight excluding hydrogens is 242 g/mol. The molecule has 6 heteroatoms. The van der Waals surface area contributed by atoms with Crippen LogP contribution in [0, 0.1) is 0 Å². The first kappa shape index (κ1) is 13.1. The quantitative estimate of drug-likeness (QED) is 0.875. The zero-order valence-corrected chi connectivity index (χ0v) is 11.1. The van der Waals surface area contributed by atoms with Gasteiger partial charge in [0.05, 0.1) is 18.4 Å². The van der Waals surface area contributed by atoms with Gasteiger partial charge in [-0.1, -0.05) is 6.07 Å². The van der Waals surface area contributed by atoms with Gasteiger partial charge in [-0.3, -0.25) is 4.79 Å². The Bertz CT molecular complexity index is 605. The highest BCUT2D eigenvalue weighted by Gasteiger charge is 2.04. The minimum absolute atomic E-state index is 0.130. The van der Waals surface area contributed by atoms with Crippen molar-refractivity contribution >= 4 is 11.5 Å². The third-order valence-corrected chi connectivity index (χ3v) is 2.95. The van der Waals surface area contributed by atoms with Crippen LogP contribution in [0.1, 0.15) is 12.5 Å². The molecule has 0 aliphatic carbocycles. The maximum atomic E-state index is 12.0. The van der Waals surface area contributed by atoms with E-state index in [0.29, 0.717) is 12.4 Å². The SMILES string of the molecule is CCN(C)c1cnn(Cc2ccc(N)nc2)c(=O)c1. The van der Waals surface area contributed by atoms with Crippen molar-refractivity contribution in [3.05, 3.63) is 46.5 Å². The van der Waals surface area contributed by atoms with Crippen molar-refractivity contribution in [1.29, 1.82) is 0 Å². The van der Waals surface area contributed by atoms with Crippen molar-refractivity contribution in [2.45, 2.75) is 13.5 Å². The van der Waals surface area contributed by atoms with Gasteiger partial charge in [0.2, 0.25) is 0 Å². The summed E-state index contributed by atoms with van der Waals surface area (Å²) < 4.78 is 1.40. The zero-order valence-electron chi connectivity index (χ0n) is 11.1. The highest BCUT2D eigenvalue weighted by atomic mass is 16.1. The Morgan fingerprint density at radius 1 is 1.37 bits per heavy atom. The summed E-state index contributed by atoms with van der Waals surface area (Å²) in [6.07, 6.45) is 3.34. The number of anilines is 2. The van der Waals surface area contributed by atoms with Gasteiger partial charge < -0.3 is 10.6 Å². The molecule has 0 radical (unpaired) electrons. The lowest BCUT2D eigenvalue weighted by molar-refractivity contribution is 0.636. The summed E-state index contributed by atoms with van der Waals surface area (Å²) in [5.41, 5.74) is 7.10.